The summed E-state index contributed by atoms with van der Waals surface area (Å²) in [6.07, 6.45) is 1.57. The lowest BCUT2D eigenvalue weighted by molar-refractivity contribution is -0.132. The Labute approximate surface area is 142 Å². The van der Waals surface area contributed by atoms with Crippen molar-refractivity contribution in [1.82, 2.24) is 14.8 Å². The molecule has 7 nitrogen and oxygen atoms in total. The Bertz CT molecular complexity index is 962. The number of carboxylic acids is 1. The van der Waals surface area contributed by atoms with Crippen molar-refractivity contribution in [2.45, 2.75) is 6.04 Å². The number of hydrogen-bond acceptors (Lipinski definition) is 5. The van der Waals surface area contributed by atoms with Crippen molar-refractivity contribution in [2.75, 3.05) is 5.32 Å². The van der Waals surface area contributed by atoms with Crippen LogP contribution in [0.25, 0.3) is 11.4 Å². The predicted molar refractivity (Wildman–Crippen MR) is 91.0 cm³/mol. The number of nitrogens with one attached hydrogen (secondary N) is 1. The van der Waals surface area contributed by atoms with Gasteiger partial charge in [-0.15, -0.1) is 5.10 Å². The van der Waals surface area contributed by atoms with Crippen molar-refractivity contribution in [2.24, 2.45) is 0 Å². The van der Waals surface area contributed by atoms with Gasteiger partial charge in [-0.2, -0.15) is 4.98 Å². The van der Waals surface area contributed by atoms with Crippen molar-refractivity contribution in [3.8, 4) is 17.1 Å². The molecule has 2 heterocycles. The lowest BCUT2D eigenvalue weighted by Gasteiger charge is -2.22. The van der Waals surface area contributed by atoms with E-state index in [0.717, 1.165) is 11.1 Å². The number of benzene rings is 2. The Morgan fingerprint density at radius 1 is 1.08 bits per heavy atom. The molecule has 1 atom stereocenters. The van der Waals surface area contributed by atoms with Gasteiger partial charge < -0.3 is 15.5 Å². The van der Waals surface area contributed by atoms with Gasteiger partial charge in [0, 0.05) is 5.56 Å². The minimum absolute atomic E-state index is 0.0394. The van der Waals surface area contributed by atoms with Gasteiger partial charge in [0.05, 0.1) is 0 Å². The fraction of sp³-hybridized carbons (Fsp3) is 0.0556. The monoisotopic (exact) mass is 334 g/mol. The van der Waals surface area contributed by atoms with Gasteiger partial charge in [0.15, 0.2) is 5.82 Å². The highest BCUT2D eigenvalue weighted by molar-refractivity contribution is 5.90. The summed E-state index contributed by atoms with van der Waals surface area (Å²) < 4.78 is 1.64. The largest absolute Gasteiger partial charge is 0.508 e. The van der Waals surface area contributed by atoms with Crippen LogP contribution in [0.15, 0.2) is 66.4 Å². The van der Waals surface area contributed by atoms with Crippen LogP contribution >= 0.6 is 0 Å². The van der Waals surface area contributed by atoms with Crippen LogP contribution in [0.2, 0.25) is 0 Å². The summed E-state index contributed by atoms with van der Waals surface area (Å²) >= 11 is 0. The minimum atomic E-state index is -1.07. The van der Waals surface area contributed by atoms with Crippen LogP contribution in [0.3, 0.4) is 0 Å². The summed E-state index contributed by atoms with van der Waals surface area (Å²) in [6.45, 7) is 0. The first-order valence-electron chi connectivity index (χ1n) is 7.65. The first-order chi connectivity index (χ1) is 12.1. The second kappa shape index (κ2) is 5.79. The van der Waals surface area contributed by atoms with Gasteiger partial charge >= 0.3 is 5.97 Å². The topological polar surface area (TPSA) is 100 Å². The highest BCUT2D eigenvalue weighted by Gasteiger charge is 2.27. The molecule has 0 saturated carbocycles. The van der Waals surface area contributed by atoms with E-state index < -0.39 is 12.0 Å². The number of carbonyl (C=O) groups is 1. The molecule has 1 aliphatic rings. The number of phenols is 1. The molecular formula is C18H14N4O3. The molecular weight excluding hydrogens is 320 g/mol. The molecule has 2 aromatic carbocycles. The average molecular weight is 334 g/mol. The average Bonchev–Trinajstić information content (AvgIpc) is 3.06. The summed E-state index contributed by atoms with van der Waals surface area (Å²) in [4.78, 5) is 15.9. The van der Waals surface area contributed by atoms with Gasteiger partial charge in [-0.05, 0) is 23.8 Å². The van der Waals surface area contributed by atoms with E-state index in [1.54, 1.807) is 35.0 Å². The van der Waals surface area contributed by atoms with Crippen molar-refractivity contribution >= 4 is 11.9 Å². The fourth-order valence-corrected chi connectivity index (χ4v) is 2.74. The number of allylic oxidation sites excluding steroid dienone is 1. The third-order valence-corrected chi connectivity index (χ3v) is 3.96. The molecule has 0 spiro atoms. The third-order valence-electron chi connectivity index (χ3n) is 3.96. The van der Waals surface area contributed by atoms with Crippen molar-refractivity contribution in [1.29, 1.82) is 0 Å². The second-order valence-corrected chi connectivity index (χ2v) is 5.62. The fourth-order valence-electron chi connectivity index (χ4n) is 2.74. The van der Waals surface area contributed by atoms with Crippen LogP contribution in [0.1, 0.15) is 11.6 Å². The molecule has 0 amide bonds. The zero-order valence-electron chi connectivity index (χ0n) is 13.0. The Hall–Kier alpha value is -3.61. The minimum Gasteiger partial charge on any atom is -0.508 e. The van der Waals surface area contributed by atoms with Crippen LogP contribution in [0, 0.1) is 0 Å². The third kappa shape index (κ3) is 2.72. The molecule has 3 aromatic rings. The molecule has 1 aromatic heterocycles. The second-order valence-electron chi connectivity index (χ2n) is 5.62. The number of phenolic OH excluding ortho intramolecular Hbond substituents is 1. The maximum absolute atomic E-state index is 11.4. The van der Waals surface area contributed by atoms with Crippen LogP contribution in [0.5, 0.6) is 5.75 Å². The van der Waals surface area contributed by atoms with Crippen LogP contribution in [-0.4, -0.2) is 30.9 Å². The highest BCUT2D eigenvalue weighted by atomic mass is 16.4. The van der Waals surface area contributed by atoms with E-state index >= 15 is 0 Å². The summed E-state index contributed by atoms with van der Waals surface area (Å²) in [5.74, 6) is -0.0630. The molecule has 25 heavy (non-hydrogen) atoms. The van der Waals surface area contributed by atoms with E-state index in [-0.39, 0.29) is 11.4 Å². The van der Waals surface area contributed by atoms with Gasteiger partial charge in [-0.25, -0.2) is 9.48 Å². The van der Waals surface area contributed by atoms with Gasteiger partial charge in [0.25, 0.3) is 0 Å². The number of aromatic nitrogens is 3. The van der Waals surface area contributed by atoms with E-state index in [1.165, 1.54) is 0 Å². The molecule has 3 N–H and O–H groups in total. The van der Waals surface area contributed by atoms with Crippen molar-refractivity contribution < 1.29 is 15.0 Å². The summed E-state index contributed by atoms with van der Waals surface area (Å²) in [6, 6.07) is 15.6. The molecule has 7 heteroatoms. The smallest absolute Gasteiger partial charge is 0.352 e. The maximum atomic E-state index is 11.4. The molecule has 4 rings (SSSR count). The van der Waals surface area contributed by atoms with E-state index in [1.807, 2.05) is 30.3 Å². The van der Waals surface area contributed by atoms with Gasteiger partial charge in [-0.1, -0.05) is 42.5 Å². The number of aromatic hydroxyl groups is 1. The Morgan fingerprint density at radius 3 is 2.48 bits per heavy atom. The Kier molecular flexibility index (Phi) is 3.46. The zero-order valence-corrected chi connectivity index (χ0v) is 13.0. The van der Waals surface area contributed by atoms with Crippen LogP contribution in [-0.2, 0) is 4.79 Å². The lowest BCUT2D eigenvalue weighted by atomic mass is 10.0. The molecule has 0 radical (unpaired) electrons. The quantitative estimate of drug-likeness (QED) is 0.681. The Balaban J connectivity index is 1.82. The summed E-state index contributed by atoms with van der Waals surface area (Å²) in [5, 5.41) is 26.2. The number of anilines is 1. The predicted octanol–water partition coefficient (Wildman–Crippen LogP) is 2.63. The molecule has 0 fully saturated rings. The SMILES string of the molecule is O=C(O)C1=C[C@@H](c2ccc(O)cc2)n2nc(-c3ccccc3)nc2N1. The van der Waals surface area contributed by atoms with Crippen molar-refractivity contribution in [3.63, 3.8) is 0 Å². The normalized spacial score (nSPS) is 15.8. The number of aliphatic carboxylic acids is 1. The van der Waals surface area contributed by atoms with Crippen molar-refractivity contribution in [3.05, 3.63) is 71.9 Å². The molecule has 124 valence electrons. The molecule has 0 bridgehead atoms. The first-order valence-corrected chi connectivity index (χ1v) is 7.65. The van der Waals surface area contributed by atoms with E-state index in [0.29, 0.717) is 11.8 Å². The van der Waals surface area contributed by atoms with E-state index in [4.69, 9.17) is 0 Å². The summed E-state index contributed by atoms with van der Waals surface area (Å²) in [5.41, 5.74) is 1.67. The maximum Gasteiger partial charge on any atom is 0.352 e. The number of rotatable bonds is 3. The Morgan fingerprint density at radius 2 is 1.80 bits per heavy atom. The lowest BCUT2D eigenvalue weighted by Crippen LogP contribution is -2.24. The van der Waals surface area contributed by atoms with Gasteiger partial charge in [-0.3, -0.25) is 0 Å². The van der Waals surface area contributed by atoms with E-state index in [2.05, 4.69) is 15.4 Å². The summed E-state index contributed by atoms with van der Waals surface area (Å²) in [7, 11) is 0. The number of hydrogen-bond donors (Lipinski definition) is 3. The first kappa shape index (κ1) is 14.9. The van der Waals surface area contributed by atoms with E-state index in [9.17, 15) is 15.0 Å². The van der Waals surface area contributed by atoms with Gasteiger partial charge in [0.1, 0.15) is 17.5 Å². The van der Waals surface area contributed by atoms with Crippen LogP contribution in [0.4, 0.5) is 5.95 Å². The van der Waals surface area contributed by atoms with Crippen LogP contribution < -0.4 is 5.32 Å². The number of nitrogens with zero attached hydrogens (tertiary/aromatic N) is 3. The molecule has 1 aliphatic heterocycles. The molecule has 0 unspecified atom stereocenters. The zero-order chi connectivity index (χ0) is 17.4. The molecule has 0 saturated heterocycles. The standard InChI is InChI=1S/C18H14N4O3/c23-13-8-6-11(7-9-13)15-10-14(17(24)25)19-18-20-16(21-22(15)18)12-4-2-1-3-5-12/h1-10,15,23H,(H,24,25)(H,19,20,21)/t15-/m0/s1. The number of fused-ring (bicyclic) bond motifs is 1. The molecule has 0 aliphatic carbocycles. The highest BCUT2D eigenvalue weighted by Crippen LogP contribution is 2.31. The van der Waals surface area contributed by atoms with Gasteiger partial charge in [0.2, 0.25) is 5.95 Å². The number of carboxylic acid groups (broad SMARTS) is 1.